The summed E-state index contributed by atoms with van der Waals surface area (Å²) in [5.41, 5.74) is 6.89. The van der Waals surface area contributed by atoms with E-state index in [4.69, 9.17) is 4.74 Å². The molecule has 0 aliphatic rings. The van der Waals surface area contributed by atoms with Crippen LogP contribution in [0.1, 0.15) is 29.5 Å². The van der Waals surface area contributed by atoms with Gasteiger partial charge in [-0.05, 0) is 54.4 Å². The molecule has 0 fully saturated rings. The number of nitrogens with one attached hydrogen (secondary N) is 2. The van der Waals surface area contributed by atoms with Crippen LogP contribution >= 0.6 is 11.3 Å². The van der Waals surface area contributed by atoms with Gasteiger partial charge in [-0.3, -0.25) is 14.7 Å². The lowest BCUT2D eigenvalue weighted by Crippen LogP contribution is -2.28. The van der Waals surface area contributed by atoms with Crippen molar-refractivity contribution in [3.8, 4) is 22.1 Å². The maximum atomic E-state index is 13.9. The van der Waals surface area contributed by atoms with Crippen LogP contribution in [0.25, 0.3) is 26.6 Å². The summed E-state index contributed by atoms with van der Waals surface area (Å²) in [5.74, 6) is -0.186. The molecule has 0 radical (unpaired) electrons. The number of carbonyl (C=O) groups excluding carboxylic acids is 1. The van der Waals surface area contributed by atoms with Gasteiger partial charge in [0.25, 0.3) is 11.5 Å². The Morgan fingerprint density at radius 1 is 0.905 bits per heavy atom. The molecule has 42 heavy (non-hydrogen) atoms. The van der Waals surface area contributed by atoms with Gasteiger partial charge in [-0.25, -0.2) is 10.4 Å². The molecule has 0 aliphatic heterocycles. The van der Waals surface area contributed by atoms with Crippen molar-refractivity contribution in [2.45, 2.75) is 12.8 Å². The zero-order valence-corrected chi connectivity index (χ0v) is 23.8. The van der Waals surface area contributed by atoms with E-state index in [1.54, 1.807) is 14.0 Å². The number of H-pyrrole nitrogens is 1. The summed E-state index contributed by atoms with van der Waals surface area (Å²) in [5, 5.41) is 8.19. The average Bonchev–Trinajstić information content (AvgIpc) is 3.62. The largest absolute Gasteiger partial charge is 0.497 e. The van der Waals surface area contributed by atoms with E-state index in [1.165, 1.54) is 16.0 Å². The van der Waals surface area contributed by atoms with E-state index in [1.807, 2.05) is 109 Å². The van der Waals surface area contributed by atoms with Crippen molar-refractivity contribution in [2.24, 2.45) is 5.10 Å². The second-order valence-electron chi connectivity index (χ2n) is 9.62. The monoisotopic (exact) mass is 573 g/mol. The lowest BCUT2D eigenvalue weighted by atomic mass is 9.91. The molecule has 0 saturated carbocycles. The minimum absolute atomic E-state index is 0.306. The van der Waals surface area contributed by atoms with Gasteiger partial charge in [0.1, 0.15) is 5.75 Å². The van der Waals surface area contributed by atoms with Crippen LogP contribution in [0.2, 0.25) is 0 Å². The summed E-state index contributed by atoms with van der Waals surface area (Å²) in [6.45, 7) is 1.71. The lowest BCUT2D eigenvalue weighted by Gasteiger charge is -2.16. The molecule has 2 aromatic heterocycles. The fourth-order valence-corrected chi connectivity index (χ4v) is 5.80. The molecule has 0 spiro atoms. The molecule has 9 heteroatoms. The van der Waals surface area contributed by atoms with Gasteiger partial charge in [0.2, 0.25) is 5.13 Å². The van der Waals surface area contributed by atoms with Crippen LogP contribution in [0.5, 0.6) is 5.75 Å². The van der Waals surface area contributed by atoms with Crippen LogP contribution in [0.4, 0.5) is 0 Å². The van der Waals surface area contributed by atoms with E-state index in [2.05, 4.69) is 20.6 Å². The zero-order chi connectivity index (χ0) is 29.1. The molecule has 6 rings (SSSR count). The predicted octanol–water partition coefficient (Wildman–Crippen LogP) is 6.12. The molecule has 0 bridgehead atoms. The van der Waals surface area contributed by atoms with Crippen molar-refractivity contribution < 1.29 is 9.53 Å². The minimum atomic E-state index is -0.573. The summed E-state index contributed by atoms with van der Waals surface area (Å²) in [6.07, 6.45) is 0. The Morgan fingerprint density at radius 2 is 1.52 bits per heavy atom. The molecule has 0 unspecified atom stereocenters. The second kappa shape index (κ2) is 11.7. The van der Waals surface area contributed by atoms with E-state index in [9.17, 15) is 9.59 Å². The smallest absolute Gasteiger partial charge is 0.283 e. The normalized spacial score (nSPS) is 11.6. The quantitative estimate of drug-likeness (QED) is 0.169. The number of aromatic nitrogens is 3. The highest BCUT2D eigenvalue weighted by atomic mass is 32.1. The fraction of sp³-hybridized carbons (Fsp3) is 0.0909. The molecular weight excluding hydrogens is 546 g/mol. The third-order valence-corrected chi connectivity index (χ3v) is 7.99. The number of fused-ring (bicyclic) bond motifs is 1. The first-order valence-electron chi connectivity index (χ1n) is 13.3. The predicted molar refractivity (Wildman–Crippen MR) is 167 cm³/mol. The Kier molecular flexibility index (Phi) is 7.49. The molecule has 2 heterocycles. The van der Waals surface area contributed by atoms with Crippen molar-refractivity contribution >= 4 is 33.2 Å². The SMILES string of the molecule is COc1ccc(-c2[nH]n(-c3nc4ccccc4s3)c(=O)c2C(C)=NNC(=O)C(c2ccccc2)c2ccccc2)cc1. The lowest BCUT2D eigenvalue weighted by molar-refractivity contribution is -0.121. The number of methoxy groups -OCH3 is 1. The van der Waals surface area contributed by atoms with Crippen molar-refractivity contribution in [3.05, 3.63) is 136 Å². The van der Waals surface area contributed by atoms with Gasteiger partial charge in [0.15, 0.2) is 0 Å². The molecule has 1 amide bonds. The molecule has 2 N–H and O–H groups in total. The maximum Gasteiger partial charge on any atom is 0.283 e. The molecule has 0 atom stereocenters. The second-order valence-corrected chi connectivity index (χ2v) is 10.6. The number of amides is 1. The van der Waals surface area contributed by atoms with Crippen molar-refractivity contribution in [2.75, 3.05) is 7.11 Å². The molecular formula is C33H27N5O3S. The summed E-state index contributed by atoms with van der Waals surface area (Å²) in [7, 11) is 1.60. The van der Waals surface area contributed by atoms with E-state index in [-0.39, 0.29) is 11.5 Å². The van der Waals surface area contributed by atoms with Gasteiger partial charge in [0.05, 0.1) is 40.2 Å². The fourth-order valence-electron chi connectivity index (χ4n) is 4.88. The van der Waals surface area contributed by atoms with Gasteiger partial charge >= 0.3 is 0 Å². The molecule has 0 saturated heterocycles. The first-order chi connectivity index (χ1) is 20.5. The zero-order valence-electron chi connectivity index (χ0n) is 22.9. The summed E-state index contributed by atoms with van der Waals surface area (Å²) < 4.78 is 7.71. The highest BCUT2D eigenvalue weighted by Crippen LogP contribution is 2.28. The number of carbonyl (C=O) groups is 1. The average molecular weight is 574 g/mol. The van der Waals surface area contributed by atoms with Gasteiger partial charge in [-0.15, -0.1) is 0 Å². The summed E-state index contributed by atoms with van der Waals surface area (Å²) in [4.78, 5) is 32.2. The number of hydrogen-bond donors (Lipinski definition) is 2. The number of nitrogens with zero attached hydrogens (tertiary/aromatic N) is 3. The van der Waals surface area contributed by atoms with Crippen LogP contribution < -0.4 is 15.7 Å². The third kappa shape index (κ3) is 5.25. The Morgan fingerprint density at radius 3 is 2.14 bits per heavy atom. The maximum absolute atomic E-state index is 13.9. The number of aromatic amines is 1. The molecule has 6 aromatic rings. The number of thiazole rings is 1. The van der Waals surface area contributed by atoms with Crippen molar-refractivity contribution in [1.82, 2.24) is 20.2 Å². The van der Waals surface area contributed by atoms with Crippen molar-refractivity contribution in [1.29, 1.82) is 0 Å². The van der Waals surface area contributed by atoms with E-state index in [0.717, 1.165) is 26.9 Å². The number of para-hydroxylation sites is 1. The van der Waals surface area contributed by atoms with Crippen LogP contribution in [-0.4, -0.2) is 33.5 Å². The van der Waals surface area contributed by atoms with Gasteiger partial charge < -0.3 is 4.74 Å². The number of hydrogen-bond acceptors (Lipinski definition) is 6. The molecule has 8 nitrogen and oxygen atoms in total. The van der Waals surface area contributed by atoms with Crippen LogP contribution in [-0.2, 0) is 4.79 Å². The van der Waals surface area contributed by atoms with E-state index in [0.29, 0.717) is 27.9 Å². The Hall–Kier alpha value is -5.28. The van der Waals surface area contributed by atoms with Gasteiger partial charge in [-0.1, -0.05) is 84.1 Å². The minimum Gasteiger partial charge on any atom is -0.497 e. The first-order valence-corrected chi connectivity index (χ1v) is 14.1. The van der Waals surface area contributed by atoms with E-state index >= 15 is 0 Å². The van der Waals surface area contributed by atoms with Gasteiger partial charge in [0, 0.05) is 5.56 Å². The van der Waals surface area contributed by atoms with Crippen LogP contribution in [0.15, 0.2) is 119 Å². The van der Waals surface area contributed by atoms with Gasteiger partial charge in [-0.2, -0.15) is 9.78 Å². The Balaban J connectivity index is 1.41. The topological polar surface area (TPSA) is 101 Å². The number of ether oxygens (including phenoxy) is 1. The highest BCUT2D eigenvalue weighted by Gasteiger charge is 2.24. The number of rotatable bonds is 8. The number of hydrazone groups is 1. The highest BCUT2D eigenvalue weighted by molar-refractivity contribution is 7.20. The molecule has 0 aliphatic carbocycles. The molecule has 208 valence electrons. The summed E-state index contributed by atoms with van der Waals surface area (Å²) in [6, 6.07) is 34.2. The third-order valence-electron chi connectivity index (χ3n) is 6.97. The Bertz CT molecular complexity index is 1870. The number of benzene rings is 4. The first kappa shape index (κ1) is 26.9. The van der Waals surface area contributed by atoms with E-state index < -0.39 is 5.92 Å². The van der Waals surface area contributed by atoms with Crippen LogP contribution in [0.3, 0.4) is 0 Å². The molecule has 4 aromatic carbocycles. The van der Waals surface area contributed by atoms with Crippen LogP contribution in [0, 0.1) is 0 Å². The summed E-state index contributed by atoms with van der Waals surface area (Å²) >= 11 is 1.41. The van der Waals surface area contributed by atoms with Crippen molar-refractivity contribution in [3.63, 3.8) is 0 Å². The standard InChI is InChI=1S/C33H27N5O3S/c1-21(35-36-31(39)29(22-11-5-3-6-12-22)23-13-7-4-8-14-23)28-30(24-17-19-25(41-2)20-18-24)37-38(32(28)40)33-34-26-15-9-10-16-27(26)42-33/h3-20,29,37H,1-2H3,(H,36,39). The Labute approximate surface area is 245 Å².